The zero-order chi connectivity index (χ0) is 17.6. The molecule has 0 N–H and O–H groups in total. The molecule has 6 heteroatoms. The van der Waals surface area contributed by atoms with Crippen molar-refractivity contribution in [2.24, 2.45) is 7.05 Å². The third kappa shape index (κ3) is 3.16. The van der Waals surface area contributed by atoms with Crippen LogP contribution < -0.4 is 4.90 Å². The third-order valence-electron chi connectivity index (χ3n) is 5.25. The molecule has 0 aliphatic carbocycles. The minimum atomic E-state index is 0.504. The van der Waals surface area contributed by atoms with E-state index >= 15 is 0 Å². The van der Waals surface area contributed by atoms with Gasteiger partial charge in [-0.3, -0.25) is 9.58 Å². The van der Waals surface area contributed by atoms with E-state index in [9.17, 15) is 0 Å². The van der Waals surface area contributed by atoms with Crippen LogP contribution in [-0.2, 0) is 13.6 Å². The number of nitrogens with zero attached hydrogens (tertiary/aromatic N) is 5. The Morgan fingerprint density at radius 1 is 1.24 bits per heavy atom. The minimum Gasteiger partial charge on any atom is -0.345 e. The molecule has 25 heavy (non-hydrogen) atoms. The third-order valence-corrected chi connectivity index (χ3v) is 6.33. The standard InChI is InChI=1S/C19H25N5S/c1-13-5-6-17-18(15(13)3)21-19(25-17)24-8-7-23(14(2)10-24)12-16-9-20-22(4)11-16/h5-6,9,11,14H,7-8,10,12H2,1-4H3. The van der Waals surface area contributed by atoms with Gasteiger partial charge in [0.05, 0.1) is 16.4 Å². The average Bonchev–Trinajstić information content (AvgIpc) is 3.20. The lowest BCUT2D eigenvalue weighted by molar-refractivity contribution is 0.181. The second-order valence-electron chi connectivity index (χ2n) is 7.14. The Balaban J connectivity index is 1.49. The van der Waals surface area contributed by atoms with E-state index in [0.29, 0.717) is 6.04 Å². The van der Waals surface area contributed by atoms with Gasteiger partial charge in [-0.25, -0.2) is 4.98 Å². The van der Waals surface area contributed by atoms with E-state index in [1.54, 1.807) is 0 Å². The number of rotatable bonds is 3. The molecule has 1 atom stereocenters. The predicted molar refractivity (Wildman–Crippen MR) is 104 cm³/mol. The number of anilines is 1. The molecule has 132 valence electrons. The molecular formula is C19H25N5S. The first-order valence-electron chi connectivity index (χ1n) is 8.84. The maximum atomic E-state index is 4.96. The van der Waals surface area contributed by atoms with Crippen LogP contribution in [0, 0.1) is 13.8 Å². The van der Waals surface area contributed by atoms with Gasteiger partial charge in [0.15, 0.2) is 5.13 Å². The number of aryl methyl sites for hydroxylation is 3. The molecule has 1 fully saturated rings. The summed E-state index contributed by atoms with van der Waals surface area (Å²) in [5.41, 5.74) is 5.08. The fourth-order valence-corrected chi connectivity index (χ4v) is 4.60. The summed E-state index contributed by atoms with van der Waals surface area (Å²) >= 11 is 1.82. The summed E-state index contributed by atoms with van der Waals surface area (Å²) in [4.78, 5) is 9.94. The number of fused-ring (bicyclic) bond motifs is 1. The van der Waals surface area contributed by atoms with Gasteiger partial charge in [0.2, 0.25) is 0 Å². The molecule has 0 amide bonds. The smallest absolute Gasteiger partial charge is 0.186 e. The van der Waals surface area contributed by atoms with Gasteiger partial charge in [-0.2, -0.15) is 5.10 Å². The summed E-state index contributed by atoms with van der Waals surface area (Å²) in [5, 5.41) is 5.44. The maximum Gasteiger partial charge on any atom is 0.186 e. The van der Waals surface area contributed by atoms with E-state index in [0.717, 1.165) is 31.3 Å². The van der Waals surface area contributed by atoms with Gasteiger partial charge < -0.3 is 4.90 Å². The SMILES string of the molecule is Cc1ccc2sc(N3CCN(Cc4cnn(C)c4)C(C)C3)nc2c1C. The molecule has 0 bridgehead atoms. The zero-order valence-corrected chi connectivity index (χ0v) is 16.2. The highest BCUT2D eigenvalue weighted by molar-refractivity contribution is 7.22. The summed E-state index contributed by atoms with van der Waals surface area (Å²) in [6.07, 6.45) is 4.08. The predicted octanol–water partition coefficient (Wildman–Crippen LogP) is 3.36. The van der Waals surface area contributed by atoms with Crippen LogP contribution in [0.4, 0.5) is 5.13 Å². The lowest BCUT2D eigenvalue weighted by Gasteiger charge is -2.39. The Morgan fingerprint density at radius 2 is 2.08 bits per heavy atom. The molecule has 1 aliphatic rings. The van der Waals surface area contributed by atoms with E-state index < -0.39 is 0 Å². The Morgan fingerprint density at radius 3 is 2.80 bits per heavy atom. The first kappa shape index (κ1) is 16.5. The van der Waals surface area contributed by atoms with Crippen LogP contribution in [0.15, 0.2) is 24.5 Å². The minimum absolute atomic E-state index is 0.504. The Hall–Kier alpha value is -1.92. The van der Waals surface area contributed by atoms with Gasteiger partial charge in [0.1, 0.15) is 0 Å². The second kappa shape index (κ2) is 6.42. The topological polar surface area (TPSA) is 37.2 Å². The summed E-state index contributed by atoms with van der Waals surface area (Å²) in [6, 6.07) is 4.92. The number of piperazine rings is 1. The molecular weight excluding hydrogens is 330 g/mol. The Kier molecular flexibility index (Phi) is 4.25. The molecule has 3 heterocycles. The van der Waals surface area contributed by atoms with Gasteiger partial charge >= 0.3 is 0 Å². The van der Waals surface area contributed by atoms with Crippen molar-refractivity contribution >= 4 is 26.7 Å². The largest absolute Gasteiger partial charge is 0.345 e. The van der Waals surface area contributed by atoms with Crippen molar-refractivity contribution in [1.29, 1.82) is 0 Å². The van der Waals surface area contributed by atoms with Crippen LogP contribution in [0.5, 0.6) is 0 Å². The highest BCUT2D eigenvalue weighted by Crippen LogP contribution is 2.33. The van der Waals surface area contributed by atoms with Crippen molar-refractivity contribution in [2.75, 3.05) is 24.5 Å². The molecule has 2 aromatic heterocycles. The number of benzene rings is 1. The molecule has 0 radical (unpaired) electrons. The van der Waals surface area contributed by atoms with Crippen LogP contribution in [0.3, 0.4) is 0 Å². The summed E-state index contributed by atoms with van der Waals surface area (Å²) in [6.45, 7) is 10.7. The molecule has 0 spiro atoms. The number of hydrogen-bond donors (Lipinski definition) is 0. The summed E-state index contributed by atoms with van der Waals surface area (Å²) in [5.74, 6) is 0. The fraction of sp³-hybridized carbons (Fsp3) is 0.474. The lowest BCUT2D eigenvalue weighted by atomic mass is 10.1. The highest BCUT2D eigenvalue weighted by atomic mass is 32.1. The molecule has 1 unspecified atom stereocenters. The fourth-order valence-electron chi connectivity index (χ4n) is 3.54. The first-order chi connectivity index (χ1) is 12.0. The quantitative estimate of drug-likeness (QED) is 0.722. The van der Waals surface area contributed by atoms with E-state index in [-0.39, 0.29) is 0 Å². The van der Waals surface area contributed by atoms with E-state index in [4.69, 9.17) is 4.98 Å². The van der Waals surface area contributed by atoms with E-state index in [1.807, 2.05) is 29.3 Å². The van der Waals surface area contributed by atoms with E-state index in [2.05, 4.69) is 54.0 Å². The van der Waals surface area contributed by atoms with Gasteiger partial charge in [0, 0.05) is 51.0 Å². The van der Waals surface area contributed by atoms with Crippen LogP contribution in [-0.4, -0.2) is 45.3 Å². The van der Waals surface area contributed by atoms with E-state index in [1.165, 1.54) is 26.9 Å². The molecule has 0 saturated carbocycles. The van der Waals surface area contributed by atoms with Crippen molar-refractivity contribution in [3.63, 3.8) is 0 Å². The zero-order valence-electron chi connectivity index (χ0n) is 15.4. The molecule has 1 saturated heterocycles. The second-order valence-corrected chi connectivity index (χ2v) is 8.15. The van der Waals surface area contributed by atoms with Crippen molar-refractivity contribution < 1.29 is 0 Å². The molecule has 1 aromatic carbocycles. The van der Waals surface area contributed by atoms with Crippen LogP contribution in [0.2, 0.25) is 0 Å². The summed E-state index contributed by atoms with van der Waals surface area (Å²) < 4.78 is 3.17. The van der Waals surface area contributed by atoms with Gasteiger partial charge in [-0.1, -0.05) is 17.4 Å². The molecule has 5 nitrogen and oxygen atoms in total. The maximum absolute atomic E-state index is 4.96. The molecule has 3 aromatic rings. The summed E-state index contributed by atoms with van der Waals surface area (Å²) in [7, 11) is 1.97. The monoisotopic (exact) mass is 355 g/mol. The van der Waals surface area contributed by atoms with Crippen molar-refractivity contribution in [2.45, 2.75) is 33.4 Å². The normalized spacial score (nSPS) is 19.0. The van der Waals surface area contributed by atoms with Gasteiger partial charge in [-0.15, -0.1) is 0 Å². The van der Waals surface area contributed by atoms with Crippen LogP contribution in [0.25, 0.3) is 10.2 Å². The Bertz CT molecular complexity index is 896. The lowest BCUT2D eigenvalue weighted by Crippen LogP contribution is -2.51. The number of aromatic nitrogens is 3. The number of hydrogen-bond acceptors (Lipinski definition) is 5. The van der Waals surface area contributed by atoms with Crippen molar-refractivity contribution in [3.05, 3.63) is 41.2 Å². The van der Waals surface area contributed by atoms with Crippen molar-refractivity contribution in [3.8, 4) is 0 Å². The Labute approximate surface area is 152 Å². The van der Waals surface area contributed by atoms with Gasteiger partial charge in [-0.05, 0) is 38.0 Å². The van der Waals surface area contributed by atoms with Gasteiger partial charge in [0.25, 0.3) is 0 Å². The highest BCUT2D eigenvalue weighted by Gasteiger charge is 2.26. The average molecular weight is 356 g/mol. The molecule has 4 rings (SSSR count). The van der Waals surface area contributed by atoms with Crippen molar-refractivity contribution in [1.82, 2.24) is 19.7 Å². The first-order valence-corrected chi connectivity index (χ1v) is 9.66. The number of thiazole rings is 1. The van der Waals surface area contributed by atoms with Crippen LogP contribution in [0.1, 0.15) is 23.6 Å². The van der Waals surface area contributed by atoms with Crippen LogP contribution >= 0.6 is 11.3 Å². The molecule has 1 aliphatic heterocycles.